The van der Waals surface area contributed by atoms with Crippen molar-refractivity contribution < 1.29 is 8.42 Å². The van der Waals surface area contributed by atoms with Crippen molar-refractivity contribution in [3.05, 3.63) is 24.3 Å². The number of fused-ring (bicyclic) bond motifs is 1. The second-order valence-corrected chi connectivity index (χ2v) is 7.43. The normalized spacial score (nSPS) is 19.0. The highest BCUT2D eigenvalue weighted by Crippen LogP contribution is 2.44. The van der Waals surface area contributed by atoms with E-state index in [0.29, 0.717) is 0 Å². The average molecular weight is 286 g/mol. The van der Waals surface area contributed by atoms with E-state index >= 15 is 0 Å². The number of primary sulfonamides is 1. The second kappa shape index (κ2) is 5.50. The first-order valence-electron chi connectivity index (χ1n) is 6.08. The first kappa shape index (κ1) is 13.7. The van der Waals surface area contributed by atoms with Crippen LogP contribution in [0.25, 0.3) is 0 Å². The van der Waals surface area contributed by atoms with Gasteiger partial charge in [-0.25, -0.2) is 13.6 Å². The Morgan fingerprint density at radius 3 is 2.72 bits per heavy atom. The fraction of sp³-hybridized carbons (Fsp3) is 0.500. The standard InChI is InChI=1S/C12H18N2O2S2/c1-2-3-6-9-14-10-7-4-5-8-11(10)17-12(14)18(13,15)16/h4-5,7-8,12H,2-3,6,9H2,1H3,(H2,13,15,16). The number of anilines is 1. The van der Waals surface area contributed by atoms with Crippen molar-refractivity contribution in [2.45, 2.75) is 35.8 Å². The molecule has 100 valence electrons. The van der Waals surface area contributed by atoms with Crippen molar-refractivity contribution in [1.82, 2.24) is 0 Å². The number of nitrogens with two attached hydrogens (primary N) is 1. The van der Waals surface area contributed by atoms with Crippen molar-refractivity contribution in [2.24, 2.45) is 5.14 Å². The summed E-state index contributed by atoms with van der Waals surface area (Å²) in [5.74, 6) is 0. The Labute approximate surface area is 113 Å². The van der Waals surface area contributed by atoms with E-state index in [0.717, 1.165) is 36.4 Å². The number of para-hydroxylation sites is 1. The summed E-state index contributed by atoms with van der Waals surface area (Å²) in [4.78, 5) is 2.90. The molecule has 1 heterocycles. The van der Waals surface area contributed by atoms with Crippen LogP contribution in [0.1, 0.15) is 26.2 Å². The molecule has 18 heavy (non-hydrogen) atoms. The van der Waals surface area contributed by atoms with E-state index in [1.165, 1.54) is 11.8 Å². The van der Waals surface area contributed by atoms with Crippen molar-refractivity contribution in [3.8, 4) is 0 Å². The molecular weight excluding hydrogens is 268 g/mol. The maximum Gasteiger partial charge on any atom is 0.240 e. The Balaban J connectivity index is 2.24. The molecule has 2 rings (SSSR count). The highest BCUT2D eigenvalue weighted by molar-refractivity contribution is 8.13. The van der Waals surface area contributed by atoms with Gasteiger partial charge in [-0.1, -0.05) is 43.7 Å². The summed E-state index contributed by atoms with van der Waals surface area (Å²) in [5.41, 5.74) is 0.984. The lowest BCUT2D eigenvalue weighted by molar-refractivity contribution is 0.589. The molecule has 0 bridgehead atoms. The molecule has 0 fully saturated rings. The highest BCUT2D eigenvalue weighted by atomic mass is 32.3. The zero-order valence-electron chi connectivity index (χ0n) is 10.4. The molecule has 0 amide bonds. The molecule has 1 aliphatic heterocycles. The van der Waals surface area contributed by atoms with Gasteiger partial charge in [0.15, 0.2) is 4.71 Å². The number of unbranched alkanes of at least 4 members (excludes halogenated alkanes) is 2. The summed E-state index contributed by atoms with van der Waals surface area (Å²) in [6.07, 6.45) is 3.20. The van der Waals surface area contributed by atoms with Crippen LogP contribution >= 0.6 is 11.8 Å². The minimum absolute atomic E-state index is 0.674. The third kappa shape index (κ3) is 2.81. The number of nitrogens with zero attached hydrogens (tertiary/aromatic N) is 1. The van der Waals surface area contributed by atoms with Gasteiger partial charge < -0.3 is 4.90 Å². The first-order chi connectivity index (χ1) is 8.54. The maximum atomic E-state index is 11.7. The monoisotopic (exact) mass is 286 g/mol. The predicted molar refractivity (Wildman–Crippen MR) is 76.1 cm³/mol. The quantitative estimate of drug-likeness (QED) is 0.844. The molecule has 0 aromatic heterocycles. The van der Waals surface area contributed by atoms with Crippen LogP contribution in [0.4, 0.5) is 5.69 Å². The first-order valence-corrected chi connectivity index (χ1v) is 8.57. The van der Waals surface area contributed by atoms with Crippen LogP contribution < -0.4 is 10.0 Å². The second-order valence-electron chi connectivity index (χ2n) is 4.38. The Hall–Kier alpha value is -0.720. The number of thioether (sulfide) groups is 1. The molecule has 0 saturated carbocycles. The third-order valence-corrected chi connectivity index (χ3v) is 5.91. The zero-order chi connectivity index (χ0) is 13.2. The van der Waals surface area contributed by atoms with Crippen molar-refractivity contribution >= 4 is 27.5 Å². The number of hydrogen-bond acceptors (Lipinski definition) is 4. The Bertz CT molecular complexity index is 517. The van der Waals surface area contributed by atoms with Gasteiger partial charge in [0.05, 0.1) is 5.69 Å². The predicted octanol–water partition coefficient (Wildman–Crippen LogP) is 2.36. The van der Waals surface area contributed by atoms with Gasteiger partial charge in [-0.05, 0) is 18.6 Å². The van der Waals surface area contributed by atoms with E-state index in [-0.39, 0.29) is 0 Å². The van der Waals surface area contributed by atoms with Crippen LogP contribution in [-0.2, 0) is 10.0 Å². The SMILES string of the molecule is CCCCCN1c2ccccc2SC1S(N)(=O)=O. The molecule has 1 aromatic rings. The van der Waals surface area contributed by atoms with E-state index in [2.05, 4.69) is 6.92 Å². The maximum absolute atomic E-state index is 11.7. The molecule has 1 atom stereocenters. The fourth-order valence-corrected chi connectivity index (χ4v) is 4.53. The molecule has 4 nitrogen and oxygen atoms in total. The molecule has 0 saturated heterocycles. The summed E-state index contributed by atoms with van der Waals surface area (Å²) in [6.45, 7) is 2.86. The molecule has 2 N–H and O–H groups in total. The Morgan fingerprint density at radius 2 is 2.06 bits per heavy atom. The van der Waals surface area contributed by atoms with Crippen LogP contribution in [0, 0.1) is 0 Å². The molecule has 1 aromatic carbocycles. The number of sulfonamides is 1. The summed E-state index contributed by atoms with van der Waals surface area (Å²) in [7, 11) is -3.57. The summed E-state index contributed by atoms with van der Waals surface area (Å²) < 4.78 is 22.6. The van der Waals surface area contributed by atoms with Gasteiger partial charge in [0, 0.05) is 11.4 Å². The number of hydrogen-bond donors (Lipinski definition) is 1. The van der Waals surface area contributed by atoms with E-state index < -0.39 is 14.7 Å². The lowest BCUT2D eigenvalue weighted by Crippen LogP contribution is -2.40. The molecule has 6 heteroatoms. The summed E-state index contributed by atoms with van der Waals surface area (Å²) in [6, 6.07) is 7.75. The summed E-state index contributed by atoms with van der Waals surface area (Å²) >= 11 is 1.32. The molecule has 1 aliphatic rings. The Morgan fingerprint density at radius 1 is 1.33 bits per heavy atom. The molecule has 1 unspecified atom stereocenters. The van der Waals surface area contributed by atoms with E-state index in [1.54, 1.807) is 0 Å². The number of rotatable bonds is 5. The fourth-order valence-electron chi connectivity index (χ4n) is 2.08. The van der Waals surface area contributed by atoms with Crippen LogP contribution in [0.3, 0.4) is 0 Å². The topological polar surface area (TPSA) is 63.4 Å². The third-order valence-electron chi connectivity index (χ3n) is 2.94. The van der Waals surface area contributed by atoms with Crippen LogP contribution in [0.5, 0.6) is 0 Å². The van der Waals surface area contributed by atoms with Crippen LogP contribution in [0.2, 0.25) is 0 Å². The molecule has 0 aliphatic carbocycles. The minimum Gasteiger partial charge on any atom is -0.344 e. The lowest BCUT2D eigenvalue weighted by Gasteiger charge is -2.24. The van der Waals surface area contributed by atoms with Gasteiger partial charge in [0.1, 0.15) is 0 Å². The lowest BCUT2D eigenvalue weighted by atomic mass is 10.2. The van der Waals surface area contributed by atoms with E-state index in [4.69, 9.17) is 5.14 Å². The minimum atomic E-state index is -3.57. The van der Waals surface area contributed by atoms with Crippen LogP contribution in [0.15, 0.2) is 29.2 Å². The average Bonchev–Trinajstić information content (AvgIpc) is 2.69. The Kier molecular flexibility index (Phi) is 4.19. The van der Waals surface area contributed by atoms with Crippen molar-refractivity contribution in [2.75, 3.05) is 11.4 Å². The number of benzene rings is 1. The molecule has 0 radical (unpaired) electrons. The van der Waals surface area contributed by atoms with Crippen LogP contribution in [-0.4, -0.2) is 19.7 Å². The van der Waals surface area contributed by atoms with Gasteiger partial charge in [0.25, 0.3) is 0 Å². The van der Waals surface area contributed by atoms with Crippen molar-refractivity contribution in [1.29, 1.82) is 0 Å². The van der Waals surface area contributed by atoms with E-state index in [1.807, 2.05) is 29.2 Å². The van der Waals surface area contributed by atoms with E-state index in [9.17, 15) is 8.42 Å². The highest BCUT2D eigenvalue weighted by Gasteiger charge is 2.36. The molecular formula is C12H18N2O2S2. The zero-order valence-corrected chi connectivity index (χ0v) is 12.0. The van der Waals surface area contributed by atoms with Gasteiger partial charge in [-0.3, -0.25) is 0 Å². The molecule has 0 spiro atoms. The smallest absolute Gasteiger partial charge is 0.240 e. The van der Waals surface area contributed by atoms with Gasteiger partial charge >= 0.3 is 0 Å². The van der Waals surface area contributed by atoms with Gasteiger partial charge in [-0.2, -0.15) is 0 Å². The van der Waals surface area contributed by atoms with Gasteiger partial charge in [-0.15, -0.1) is 0 Å². The van der Waals surface area contributed by atoms with Gasteiger partial charge in [0.2, 0.25) is 10.0 Å². The largest absolute Gasteiger partial charge is 0.344 e. The van der Waals surface area contributed by atoms with Crippen molar-refractivity contribution in [3.63, 3.8) is 0 Å². The summed E-state index contributed by atoms with van der Waals surface area (Å²) in [5, 5.41) is 5.32.